The second-order valence-electron chi connectivity index (χ2n) is 20.6. The lowest BCUT2D eigenvalue weighted by molar-refractivity contribution is -0.144. The fraction of sp³-hybridized carbons (Fsp3) is 0.439. The Morgan fingerprint density at radius 2 is 1.55 bits per heavy atom. The molecule has 77 heavy (non-hydrogen) atoms. The number of halogens is 1. The van der Waals surface area contributed by atoms with Gasteiger partial charge in [-0.15, -0.1) is 32.9 Å². The lowest BCUT2D eigenvalue weighted by Crippen LogP contribution is -2.58. The Hall–Kier alpha value is -6.35. The predicted molar refractivity (Wildman–Crippen MR) is 299 cm³/mol. The van der Waals surface area contributed by atoms with E-state index in [1.807, 2.05) is 124 Å². The third-order valence-corrected chi connectivity index (χ3v) is 16.1. The number of likely N-dealkylation sites (tertiary alicyclic amines) is 1. The van der Waals surface area contributed by atoms with Crippen molar-refractivity contribution in [3.8, 4) is 21.2 Å². The Kier molecular flexibility index (Phi) is 18.8. The van der Waals surface area contributed by atoms with E-state index >= 15 is 0 Å². The van der Waals surface area contributed by atoms with E-state index in [0.29, 0.717) is 49.3 Å². The molecule has 0 saturated carbocycles. The molecule has 4 N–H and O–H groups in total. The van der Waals surface area contributed by atoms with Gasteiger partial charge >= 0.3 is 0 Å². The van der Waals surface area contributed by atoms with Crippen molar-refractivity contribution in [3.05, 3.63) is 133 Å². The number of hydrogen-bond acceptors (Lipinski definition) is 14. The number of amides is 4. The van der Waals surface area contributed by atoms with Crippen LogP contribution in [-0.2, 0) is 35.2 Å². The number of carbonyl (C=O) groups is 4. The van der Waals surface area contributed by atoms with Gasteiger partial charge in [0.05, 0.1) is 47.0 Å². The number of β-amino-alcohol motifs (C(OH)–C–C–N with tert-alkyl or cyclic N) is 1. The molecule has 3 aromatic carbocycles. The number of ether oxygens (including phenoxy) is 3. The lowest BCUT2D eigenvalue weighted by atomic mass is 9.85. The van der Waals surface area contributed by atoms with Gasteiger partial charge in [0.25, 0.3) is 0 Å². The molecule has 2 aliphatic rings. The Morgan fingerprint density at radius 1 is 0.857 bits per heavy atom. The van der Waals surface area contributed by atoms with Crippen molar-refractivity contribution in [2.24, 2.45) is 10.4 Å². The van der Waals surface area contributed by atoms with Crippen LogP contribution in [0.15, 0.2) is 83.3 Å². The lowest BCUT2D eigenvalue weighted by Gasteiger charge is -2.35. The first kappa shape index (κ1) is 56.8. The van der Waals surface area contributed by atoms with Crippen molar-refractivity contribution in [2.75, 3.05) is 39.6 Å². The number of aromatic nitrogens is 4. The van der Waals surface area contributed by atoms with Crippen LogP contribution >= 0.6 is 34.3 Å². The highest BCUT2D eigenvalue weighted by atomic mass is 35.5. The molecular formula is C57H68ClN9O8S2. The van der Waals surface area contributed by atoms with E-state index in [-0.39, 0.29) is 57.0 Å². The van der Waals surface area contributed by atoms with E-state index in [4.69, 9.17) is 30.8 Å². The second-order valence-corrected chi connectivity index (χ2v) is 23.1. The van der Waals surface area contributed by atoms with Crippen LogP contribution in [0.25, 0.3) is 15.4 Å². The second kappa shape index (κ2) is 25.4. The number of hydrogen-bond donors (Lipinski definition) is 4. The van der Waals surface area contributed by atoms with Gasteiger partial charge in [-0.2, -0.15) is 0 Å². The first-order valence-electron chi connectivity index (χ1n) is 25.9. The molecule has 0 radical (unpaired) electrons. The number of thiophene rings is 1. The van der Waals surface area contributed by atoms with Crippen molar-refractivity contribution in [3.63, 3.8) is 0 Å². The monoisotopic (exact) mass is 1110 g/mol. The minimum atomic E-state index is -0.961. The van der Waals surface area contributed by atoms with Crippen LogP contribution in [0.2, 0.25) is 5.02 Å². The summed E-state index contributed by atoms with van der Waals surface area (Å²) >= 11 is 9.51. The predicted octanol–water partition coefficient (Wildman–Crippen LogP) is 8.50. The number of aliphatic hydroxyl groups is 1. The van der Waals surface area contributed by atoms with Gasteiger partial charge in [-0.25, -0.2) is 4.98 Å². The summed E-state index contributed by atoms with van der Waals surface area (Å²) in [7, 11) is 0. The summed E-state index contributed by atoms with van der Waals surface area (Å²) in [6.07, 6.45) is 0.508. The van der Waals surface area contributed by atoms with Crippen molar-refractivity contribution in [1.29, 1.82) is 0 Å². The molecule has 17 nitrogen and oxygen atoms in total. The summed E-state index contributed by atoms with van der Waals surface area (Å²) < 4.78 is 19.4. The number of fused-ring (bicyclic) bond motifs is 3. The van der Waals surface area contributed by atoms with Crippen LogP contribution in [0.1, 0.15) is 115 Å². The minimum absolute atomic E-state index is 0.0161. The Morgan fingerprint density at radius 3 is 2.23 bits per heavy atom. The summed E-state index contributed by atoms with van der Waals surface area (Å²) in [6.45, 7) is 17.1. The SMILES string of the molecule is Cc1ncsc1-c1ccc(CNC(=O)[C@@H]2C[C@@H](O)CN2C(=O)[C@@H](NC(=O)COCCCOCCCOc2ccc([C@@H](C)NC(=O)C[C@@H]3N=C(c4ccc(Cl)cc4)c4c(sc(C)c4C)-n4c(C)nnc43)cc2)C(C)(C)C)cc1. The van der Waals surface area contributed by atoms with Crippen LogP contribution in [-0.4, -0.2) is 117 Å². The number of thiazole rings is 1. The molecule has 1 fully saturated rings. The molecule has 0 bridgehead atoms. The van der Waals surface area contributed by atoms with Crippen LogP contribution in [0.5, 0.6) is 5.75 Å². The number of aliphatic hydroxyl groups excluding tert-OH is 1. The highest BCUT2D eigenvalue weighted by Crippen LogP contribution is 2.40. The van der Waals surface area contributed by atoms with E-state index in [1.165, 1.54) is 9.78 Å². The van der Waals surface area contributed by atoms with Gasteiger partial charge in [0.1, 0.15) is 41.3 Å². The summed E-state index contributed by atoms with van der Waals surface area (Å²) in [6, 6.07) is 20.4. The van der Waals surface area contributed by atoms with Crippen molar-refractivity contribution >= 4 is 63.6 Å². The van der Waals surface area contributed by atoms with E-state index in [0.717, 1.165) is 60.5 Å². The number of rotatable bonds is 22. The number of benzene rings is 3. The van der Waals surface area contributed by atoms with Crippen LogP contribution in [0, 0.1) is 33.1 Å². The highest BCUT2D eigenvalue weighted by Gasteiger charge is 2.44. The molecule has 6 aromatic rings. The van der Waals surface area contributed by atoms with Gasteiger partial charge in [0.2, 0.25) is 23.6 Å². The van der Waals surface area contributed by atoms with Gasteiger partial charge < -0.3 is 40.2 Å². The summed E-state index contributed by atoms with van der Waals surface area (Å²) in [5, 5.41) is 30.1. The molecule has 1 saturated heterocycles. The van der Waals surface area contributed by atoms with Crippen molar-refractivity contribution in [1.82, 2.24) is 40.6 Å². The maximum atomic E-state index is 14.0. The van der Waals surface area contributed by atoms with Gasteiger partial charge in [0.15, 0.2) is 5.82 Å². The highest BCUT2D eigenvalue weighted by molar-refractivity contribution is 7.15. The third-order valence-electron chi connectivity index (χ3n) is 13.7. The first-order valence-corrected chi connectivity index (χ1v) is 28.0. The van der Waals surface area contributed by atoms with Crippen LogP contribution < -0.4 is 20.7 Å². The fourth-order valence-corrected chi connectivity index (χ4v) is 11.6. The summed E-state index contributed by atoms with van der Waals surface area (Å²) in [4.78, 5) is 67.5. The molecule has 5 atom stereocenters. The molecule has 0 spiro atoms. The van der Waals surface area contributed by atoms with E-state index in [9.17, 15) is 24.3 Å². The Bertz CT molecular complexity index is 3060. The number of aliphatic imine (C=N–C) groups is 1. The topological polar surface area (TPSA) is 211 Å². The zero-order valence-electron chi connectivity index (χ0n) is 44.9. The zero-order valence-corrected chi connectivity index (χ0v) is 47.2. The molecule has 20 heteroatoms. The normalized spacial score (nSPS) is 16.9. The number of carbonyl (C=O) groups excluding carboxylic acids is 4. The number of nitrogens with one attached hydrogen (secondary N) is 3. The quantitative estimate of drug-likeness (QED) is 0.0474. The standard InChI is InChI=1S/C57H68ClN9O8S2/c1-33-36(4)77-56-49(33)50(40-15-19-42(58)20-16-40)62-45(53-65-64-37(5)67(53)56)28-47(69)61-34(2)39-17-21-44(22-18-39)75-26-10-24-73-23-9-25-74-31-48(70)63-52(57(6,7)8)55(72)66-30-43(68)27-46(66)54(71)59-29-38-11-13-41(14-12-38)51-35(3)60-32-76-51/h11-22,32,34,43,45-46,52,68H,9-10,23-31H2,1-8H3,(H,59,71)(H,61,69)(H,63,70)/t34-,43-,45+,46+,52-/m1/s1. The average molecular weight is 1110 g/mol. The molecule has 8 rings (SSSR count). The molecular weight excluding hydrogens is 1040 g/mol. The molecule has 408 valence electrons. The largest absolute Gasteiger partial charge is 0.494 e. The Labute approximate surface area is 462 Å². The molecule has 0 aliphatic carbocycles. The number of nitrogens with zero attached hydrogens (tertiary/aromatic N) is 6. The molecule has 2 aliphatic heterocycles. The van der Waals surface area contributed by atoms with E-state index < -0.39 is 41.5 Å². The van der Waals surface area contributed by atoms with Crippen LogP contribution in [0.3, 0.4) is 0 Å². The molecule has 3 aromatic heterocycles. The molecule has 0 unspecified atom stereocenters. The minimum Gasteiger partial charge on any atom is -0.494 e. The average Bonchev–Trinajstić information content (AvgIpc) is 4.31. The number of aryl methyl sites for hydroxylation is 3. The molecule has 5 heterocycles. The van der Waals surface area contributed by atoms with Crippen molar-refractivity contribution in [2.45, 2.75) is 118 Å². The smallest absolute Gasteiger partial charge is 0.246 e. The molecule has 4 amide bonds. The fourth-order valence-electron chi connectivity index (χ4n) is 9.41. The van der Waals surface area contributed by atoms with Gasteiger partial charge in [-0.1, -0.05) is 80.9 Å². The van der Waals surface area contributed by atoms with Gasteiger partial charge in [0, 0.05) is 66.8 Å². The Balaban J connectivity index is 0.720. The zero-order chi connectivity index (χ0) is 55.0. The maximum absolute atomic E-state index is 14.0. The van der Waals surface area contributed by atoms with Crippen LogP contribution in [0.4, 0.5) is 0 Å². The van der Waals surface area contributed by atoms with E-state index in [2.05, 4.69) is 45.0 Å². The van der Waals surface area contributed by atoms with Gasteiger partial charge in [-0.3, -0.25) is 28.7 Å². The van der Waals surface area contributed by atoms with E-state index in [1.54, 1.807) is 22.7 Å². The van der Waals surface area contributed by atoms with Crippen molar-refractivity contribution < 1.29 is 38.5 Å². The summed E-state index contributed by atoms with van der Waals surface area (Å²) in [5.74, 6) is 0.609. The summed E-state index contributed by atoms with van der Waals surface area (Å²) in [5.41, 5.74) is 8.77. The van der Waals surface area contributed by atoms with Gasteiger partial charge in [-0.05, 0) is 93.0 Å². The first-order chi connectivity index (χ1) is 36.9. The third kappa shape index (κ3) is 14.0. The maximum Gasteiger partial charge on any atom is 0.246 e.